The van der Waals surface area contributed by atoms with Crippen LogP contribution in [0.3, 0.4) is 0 Å². The molecule has 1 aliphatic heterocycles. The third-order valence-corrected chi connectivity index (χ3v) is 5.80. The Bertz CT molecular complexity index is 1170. The second-order valence-electron chi connectivity index (χ2n) is 7.04. The van der Waals surface area contributed by atoms with Gasteiger partial charge in [0.15, 0.2) is 10.9 Å². The number of aromatic nitrogens is 2. The number of anilines is 1. The number of carbonyl (C=O) groups excluding carboxylic acids is 1. The Labute approximate surface area is 177 Å². The Morgan fingerprint density at radius 1 is 1.13 bits per heavy atom. The maximum Gasteiger partial charge on any atom is 0.258 e. The molecular weight excluding hydrogens is 400 g/mol. The number of benzene rings is 1. The number of fused-ring (bicyclic) bond motifs is 1. The summed E-state index contributed by atoms with van der Waals surface area (Å²) in [6.07, 6.45) is 1.59. The number of rotatable bonds is 5. The van der Waals surface area contributed by atoms with E-state index >= 15 is 0 Å². The minimum Gasteiger partial charge on any atom is -0.463 e. The van der Waals surface area contributed by atoms with Gasteiger partial charge in [-0.15, -0.1) is 11.3 Å². The quantitative estimate of drug-likeness (QED) is 0.525. The van der Waals surface area contributed by atoms with Crippen molar-refractivity contribution >= 4 is 33.3 Å². The molecule has 1 saturated heterocycles. The topological polar surface area (TPSA) is 80.5 Å². The van der Waals surface area contributed by atoms with E-state index < -0.39 is 0 Å². The van der Waals surface area contributed by atoms with Gasteiger partial charge >= 0.3 is 0 Å². The fourth-order valence-electron chi connectivity index (χ4n) is 3.50. The molecule has 4 aromatic rings. The van der Waals surface area contributed by atoms with E-state index in [1.165, 1.54) is 11.3 Å². The van der Waals surface area contributed by atoms with Crippen LogP contribution in [0.1, 0.15) is 16.1 Å². The standard InChI is InChI=1S/C22H20N4O3S/c27-21(25-22-23-15(14-30-22)13-26-7-10-28-11-8-26)17-12-19(20-6-3-9-29-20)24-18-5-2-1-4-16(17)18/h1-6,9,12,14H,7-8,10-11,13H2,(H,23,25,27). The summed E-state index contributed by atoms with van der Waals surface area (Å²) in [6.45, 7) is 4.06. The molecule has 7 nitrogen and oxygen atoms in total. The molecule has 1 N–H and O–H groups in total. The molecule has 5 rings (SSSR count). The highest BCUT2D eigenvalue weighted by atomic mass is 32.1. The lowest BCUT2D eigenvalue weighted by Gasteiger charge is -2.25. The van der Waals surface area contributed by atoms with Gasteiger partial charge in [-0.25, -0.2) is 9.97 Å². The van der Waals surface area contributed by atoms with Crippen LogP contribution in [0.2, 0.25) is 0 Å². The number of pyridine rings is 1. The van der Waals surface area contributed by atoms with Crippen molar-refractivity contribution in [1.29, 1.82) is 0 Å². The number of hydrogen-bond donors (Lipinski definition) is 1. The minimum atomic E-state index is -0.214. The number of amides is 1. The summed E-state index contributed by atoms with van der Waals surface area (Å²) in [5.74, 6) is 0.408. The summed E-state index contributed by atoms with van der Waals surface area (Å²) in [5, 5.41) is 6.31. The second-order valence-corrected chi connectivity index (χ2v) is 7.89. The maximum absolute atomic E-state index is 13.1. The lowest BCUT2D eigenvalue weighted by atomic mass is 10.1. The summed E-state index contributed by atoms with van der Waals surface area (Å²) in [4.78, 5) is 24.6. The van der Waals surface area contributed by atoms with E-state index in [1.807, 2.05) is 35.7 Å². The zero-order valence-electron chi connectivity index (χ0n) is 16.2. The fraction of sp³-hybridized carbons (Fsp3) is 0.227. The van der Waals surface area contributed by atoms with Crippen LogP contribution in [-0.2, 0) is 11.3 Å². The molecule has 30 heavy (non-hydrogen) atoms. The van der Waals surface area contributed by atoms with Gasteiger partial charge in [-0.3, -0.25) is 15.0 Å². The molecule has 1 amide bonds. The Balaban J connectivity index is 1.39. The van der Waals surface area contributed by atoms with E-state index in [0.29, 0.717) is 22.1 Å². The van der Waals surface area contributed by atoms with Gasteiger partial charge in [-0.2, -0.15) is 0 Å². The van der Waals surface area contributed by atoms with Crippen molar-refractivity contribution in [2.75, 3.05) is 31.6 Å². The number of thiazole rings is 1. The Hall–Kier alpha value is -3.07. The van der Waals surface area contributed by atoms with Crippen LogP contribution in [0.25, 0.3) is 22.4 Å². The summed E-state index contributed by atoms with van der Waals surface area (Å²) in [6, 6.07) is 13.0. The van der Waals surface area contributed by atoms with E-state index in [2.05, 4.69) is 20.2 Å². The summed E-state index contributed by atoms with van der Waals surface area (Å²) in [5.41, 5.74) is 2.85. The minimum absolute atomic E-state index is 0.214. The van der Waals surface area contributed by atoms with Gasteiger partial charge < -0.3 is 9.15 Å². The molecular formula is C22H20N4O3S. The van der Waals surface area contributed by atoms with Crippen molar-refractivity contribution in [1.82, 2.24) is 14.9 Å². The van der Waals surface area contributed by atoms with Crippen LogP contribution in [-0.4, -0.2) is 47.1 Å². The molecule has 8 heteroatoms. The van der Waals surface area contributed by atoms with Crippen molar-refractivity contribution < 1.29 is 13.9 Å². The molecule has 0 spiro atoms. The second kappa shape index (κ2) is 8.35. The largest absolute Gasteiger partial charge is 0.463 e. The number of ether oxygens (including phenoxy) is 1. The molecule has 0 atom stereocenters. The normalized spacial score (nSPS) is 14.8. The third-order valence-electron chi connectivity index (χ3n) is 5.00. The smallest absolute Gasteiger partial charge is 0.258 e. The predicted octanol–water partition coefficient (Wildman–Crippen LogP) is 4.04. The van der Waals surface area contributed by atoms with Gasteiger partial charge in [0.25, 0.3) is 5.91 Å². The van der Waals surface area contributed by atoms with Crippen LogP contribution < -0.4 is 5.32 Å². The Morgan fingerprint density at radius 3 is 2.83 bits per heavy atom. The average Bonchev–Trinajstić information content (AvgIpc) is 3.46. The molecule has 0 unspecified atom stereocenters. The van der Waals surface area contributed by atoms with E-state index in [9.17, 15) is 4.79 Å². The number of para-hydroxylation sites is 1. The molecule has 3 aromatic heterocycles. The molecule has 0 saturated carbocycles. The molecule has 1 aromatic carbocycles. The number of nitrogens with zero attached hydrogens (tertiary/aromatic N) is 3. The molecule has 0 radical (unpaired) electrons. The molecule has 152 valence electrons. The fourth-order valence-corrected chi connectivity index (χ4v) is 4.20. The van der Waals surface area contributed by atoms with Crippen molar-refractivity contribution in [3.63, 3.8) is 0 Å². The highest BCUT2D eigenvalue weighted by molar-refractivity contribution is 7.14. The van der Waals surface area contributed by atoms with Gasteiger partial charge in [0.05, 0.1) is 36.3 Å². The summed E-state index contributed by atoms with van der Waals surface area (Å²) < 4.78 is 10.9. The van der Waals surface area contributed by atoms with Crippen LogP contribution >= 0.6 is 11.3 Å². The summed E-state index contributed by atoms with van der Waals surface area (Å²) >= 11 is 1.43. The van der Waals surface area contributed by atoms with E-state index in [0.717, 1.165) is 49.4 Å². The van der Waals surface area contributed by atoms with Crippen molar-refractivity contribution in [3.05, 3.63) is 65.4 Å². The van der Waals surface area contributed by atoms with Gasteiger partial charge in [-0.05, 0) is 24.3 Å². The first-order valence-electron chi connectivity index (χ1n) is 9.76. The first kappa shape index (κ1) is 18.9. The molecule has 0 bridgehead atoms. The van der Waals surface area contributed by atoms with Crippen LogP contribution in [0.4, 0.5) is 5.13 Å². The Morgan fingerprint density at radius 2 is 2.00 bits per heavy atom. The van der Waals surface area contributed by atoms with Gasteiger partial charge in [-0.1, -0.05) is 18.2 Å². The highest BCUT2D eigenvalue weighted by Crippen LogP contribution is 2.26. The van der Waals surface area contributed by atoms with Crippen molar-refractivity contribution in [3.8, 4) is 11.5 Å². The van der Waals surface area contributed by atoms with Gasteiger partial charge in [0.2, 0.25) is 0 Å². The van der Waals surface area contributed by atoms with E-state index in [1.54, 1.807) is 18.4 Å². The zero-order valence-corrected chi connectivity index (χ0v) is 17.0. The maximum atomic E-state index is 13.1. The van der Waals surface area contributed by atoms with Crippen LogP contribution in [0.15, 0.2) is 58.5 Å². The summed E-state index contributed by atoms with van der Waals surface area (Å²) in [7, 11) is 0. The number of morpholine rings is 1. The van der Waals surface area contributed by atoms with E-state index in [-0.39, 0.29) is 5.91 Å². The van der Waals surface area contributed by atoms with Gasteiger partial charge in [0.1, 0.15) is 5.69 Å². The molecule has 0 aliphatic carbocycles. The molecule has 4 heterocycles. The lowest BCUT2D eigenvalue weighted by molar-refractivity contribution is 0.0337. The zero-order chi connectivity index (χ0) is 20.3. The predicted molar refractivity (Wildman–Crippen MR) is 116 cm³/mol. The Kier molecular flexibility index (Phi) is 5.27. The highest BCUT2D eigenvalue weighted by Gasteiger charge is 2.17. The van der Waals surface area contributed by atoms with Crippen molar-refractivity contribution in [2.45, 2.75) is 6.54 Å². The first-order valence-corrected chi connectivity index (χ1v) is 10.6. The third kappa shape index (κ3) is 3.97. The monoisotopic (exact) mass is 420 g/mol. The number of carbonyl (C=O) groups is 1. The molecule has 1 aliphatic rings. The van der Waals surface area contributed by atoms with Crippen LogP contribution in [0.5, 0.6) is 0 Å². The SMILES string of the molecule is O=C(Nc1nc(CN2CCOCC2)cs1)c1cc(-c2ccco2)nc2ccccc12. The van der Waals surface area contributed by atoms with Crippen LogP contribution in [0, 0.1) is 0 Å². The first-order chi connectivity index (χ1) is 14.8. The number of furan rings is 1. The average molecular weight is 420 g/mol. The van der Waals surface area contributed by atoms with Crippen molar-refractivity contribution in [2.24, 2.45) is 0 Å². The lowest BCUT2D eigenvalue weighted by Crippen LogP contribution is -2.35. The number of hydrogen-bond acceptors (Lipinski definition) is 7. The number of nitrogens with one attached hydrogen (secondary N) is 1. The molecule has 1 fully saturated rings. The van der Waals surface area contributed by atoms with Gasteiger partial charge in [0, 0.05) is 30.4 Å². The van der Waals surface area contributed by atoms with E-state index in [4.69, 9.17) is 9.15 Å².